The molecule has 0 heterocycles. The van der Waals surface area contributed by atoms with E-state index < -0.39 is 0 Å². The first-order chi connectivity index (χ1) is 22.2. The van der Waals surface area contributed by atoms with E-state index >= 15 is 0 Å². The number of fused-ring (bicyclic) bond motifs is 10. The van der Waals surface area contributed by atoms with Gasteiger partial charge in [0.1, 0.15) is 0 Å². The van der Waals surface area contributed by atoms with E-state index in [1.54, 1.807) is 0 Å². The first-order valence-corrected chi connectivity index (χ1v) is 16.4. The molecule has 0 N–H and O–H groups in total. The minimum absolute atomic E-state index is 0.0790. The van der Waals surface area contributed by atoms with Gasteiger partial charge in [-0.25, -0.2) is 0 Å². The molecule has 0 bridgehead atoms. The average molecular weight is 592 g/mol. The fourth-order valence-electron chi connectivity index (χ4n) is 8.63. The van der Waals surface area contributed by atoms with Crippen molar-refractivity contribution in [2.45, 2.75) is 45.4 Å². The molecule has 0 aliphatic heterocycles. The van der Waals surface area contributed by atoms with Gasteiger partial charge in [-0.1, -0.05) is 130 Å². The molecule has 0 amide bonds. The summed E-state index contributed by atoms with van der Waals surface area (Å²) in [5.74, 6) is 0. The second-order valence-electron chi connectivity index (χ2n) is 14.3. The topological polar surface area (TPSA) is 3.24 Å². The highest BCUT2D eigenvalue weighted by atomic mass is 15.1. The largest absolute Gasteiger partial charge is 0.310 e. The third-order valence-electron chi connectivity index (χ3n) is 10.8. The maximum atomic E-state index is 2.44. The van der Waals surface area contributed by atoms with Gasteiger partial charge in [0.05, 0.1) is 0 Å². The first-order valence-electron chi connectivity index (χ1n) is 16.4. The van der Waals surface area contributed by atoms with Gasteiger partial charge in [0.25, 0.3) is 0 Å². The summed E-state index contributed by atoms with van der Waals surface area (Å²) in [4.78, 5) is 2.44. The van der Waals surface area contributed by atoms with Gasteiger partial charge in [-0.2, -0.15) is 0 Å². The van der Waals surface area contributed by atoms with E-state index in [1.165, 1.54) is 83.0 Å². The number of hydrogen-bond acceptors (Lipinski definition) is 1. The van der Waals surface area contributed by atoms with E-state index in [2.05, 4.69) is 173 Å². The molecular formula is C45H37N. The lowest BCUT2D eigenvalue weighted by atomic mass is 9.80. The summed E-state index contributed by atoms with van der Waals surface area (Å²) in [6.07, 6.45) is 0. The standard InChI is InChI=1S/C45H37N/c1-28-14-18-31(19-15-28)46(32-20-24-40-38(26-32)36-22-16-29-10-6-8-12-34(29)42(36)44(40,2)3)33-21-25-41-39(27-33)37-23-17-30-11-7-9-13-35(30)43(37)45(41,4)5/h6-27H,1-5H3. The molecule has 9 rings (SSSR count). The minimum Gasteiger partial charge on any atom is -0.310 e. The molecule has 7 aromatic rings. The van der Waals surface area contributed by atoms with Crippen LogP contribution in [0.3, 0.4) is 0 Å². The van der Waals surface area contributed by atoms with E-state index in [-0.39, 0.29) is 10.8 Å². The zero-order valence-corrected chi connectivity index (χ0v) is 27.1. The fourth-order valence-corrected chi connectivity index (χ4v) is 8.63. The van der Waals surface area contributed by atoms with Crippen LogP contribution in [0.25, 0.3) is 43.8 Å². The van der Waals surface area contributed by atoms with Gasteiger partial charge >= 0.3 is 0 Å². The zero-order chi connectivity index (χ0) is 31.4. The lowest BCUT2D eigenvalue weighted by Crippen LogP contribution is -2.16. The van der Waals surface area contributed by atoms with Gasteiger partial charge in [0.15, 0.2) is 0 Å². The van der Waals surface area contributed by atoms with Crippen molar-refractivity contribution >= 4 is 38.6 Å². The van der Waals surface area contributed by atoms with Gasteiger partial charge in [-0.15, -0.1) is 0 Å². The maximum absolute atomic E-state index is 2.44. The fraction of sp³-hybridized carbons (Fsp3) is 0.156. The number of benzene rings is 7. The maximum Gasteiger partial charge on any atom is 0.0468 e. The van der Waals surface area contributed by atoms with Crippen molar-refractivity contribution in [3.05, 3.63) is 161 Å². The zero-order valence-electron chi connectivity index (χ0n) is 27.1. The monoisotopic (exact) mass is 591 g/mol. The van der Waals surface area contributed by atoms with Crippen LogP contribution in [0.1, 0.15) is 55.5 Å². The Bertz CT molecular complexity index is 2220. The Labute approximate surface area is 271 Å². The third kappa shape index (κ3) is 3.69. The molecule has 0 fully saturated rings. The molecule has 1 nitrogen and oxygen atoms in total. The summed E-state index contributed by atoms with van der Waals surface area (Å²) < 4.78 is 0. The highest BCUT2D eigenvalue weighted by Crippen LogP contribution is 2.55. The molecule has 0 radical (unpaired) electrons. The van der Waals surface area contributed by atoms with E-state index in [1.807, 2.05) is 0 Å². The van der Waals surface area contributed by atoms with Gasteiger partial charge in [0, 0.05) is 27.9 Å². The lowest BCUT2D eigenvalue weighted by Gasteiger charge is -2.28. The summed E-state index contributed by atoms with van der Waals surface area (Å²) >= 11 is 0. The molecule has 0 spiro atoms. The van der Waals surface area contributed by atoms with Crippen LogP contribution >= 0.6 is 0 Å². The third-order valence-corrected chi connectivity index (χ3v) is 10.8. The van der Waals surface area contributed by atoms with Crippen molar-refractivity contribution in [3.63, 3.8) is 0 Å². The number of nitrogens with zero attached hydrogens (tertiary/aromatic N) is 1. The van der Waals surface area contributed by atoms with E-state index in [0.29, 0.717) is 0 Å². The Hall–Kier alpha value is -5.14. The van der Waals surface area contributed by atoms with E-state index in [4.69, 9.17) is 0 Å². The van der Waals surface area contributed by atoms with E-state index in [9.17, 15) is 0 Å². The Morgan fingerprint density at radius 1 is 0.413 bits per heavy atom. The van der Waals surface area contributed by atoms with Gasteiger partial charge in [-0.05, 0) is 109 Å². The normalized spacial score (nSPS) is 15.0. The van der Waals surface area contributed by atoms with E-state index in [0.717, 1.165) is 5.69 Å². The second kappa shape index (κ2) is 9.44. The number of rotatable bonds is 3. The van der Waals surface area contributed by atoms with Crippen LogP contribution < -0.4 is 4.90 Å². The summed E-state index contributed by atoms with van der Waals surface area (Å²) in [5.41, 5.74) is 15.6. The molecule has 0 saturated carbocycles. The predicted octanol–water partition coefficient (Wildman–Crippen LogP) is 12.4. The molecule has 0 atom stereocenters. The Morgan fingerprint density at radius 2 is 0.848 bits per heavy atom. The summed E-state index contributed by atoms with van der Waals surface area (Å²) in [6, 6.07) is 50.1. The quantitative estimate of drug-likeness (QED) is 0.198. The summed E-state index contributed by atoms with van der Waals surface area (Å²) in [5, 5.41) is 5.31. The van der Waals surface area contributed by atoms with Crippen molar-refractivity contribution in [1.82, 2.24) is 0 Å². The van der Waals surface area contributed by atoms with Gasteiger partial charge < -0.3 is 4.90 Å². The summed E-state index contributed by atoms with van der Waals surface area (Å²) in [6.45, 7) is 11.7. The Balaban J connectivity index is 1.25. The van der Waals surface area contributed by atoms with Crippen LogP contribution in [0.15, 0.2) is 133 Å². The predicted molar refractivity (Wildman–Crippen MR) is 196 cm³/mol. The SMILES string of the molecule is Cc1ccc(N(c2ccc3c(c2)-c2ccc4ccccc4c2C3(C)C)c2ccc3c(c2)-c2ccc4ccccc4c2C3(C)C)cc1. The molecule has 0 saturated heterocycles. The van der Waals surface area contributed by atoms with Crippen molar-refractivity contribution in [1.29, 1.82) is 0 Å². The molecule has 1 heteroatoms. The lowest BCUT2D eigenvalue weighted by molar-refractivity contribution is 0.666. The average Bonchev–Trinajstić information content (AvgIpc) is 3.45. The molecule has 222 valence electrons. The summed E-state index contributed by atoms with van der Waals surface area (Å²) in [7, 11) is 0. The van der Waals surface area contributed by atoms with Crippen LogP contribution in [0, 0.1) is 6.92 Å². The van der Waals surface area contributed by atoms with Crippen LogP contribution in [0.4, 0.5) is 17.1 Å². The molecular weight excluding hydrogens is 555 g/mol. The number of aryl methyl sites for hydroxylation is 1. The van der Waals surface area contributed by atoms with Crippen molar-refractivity contribution in [3.8, 4) is 22.3 Å². The second-order valence-corrected chi connectivity index (χ2v) is 14.3. The van der Waals surface area contributed by atoms with Crippen LogP contribution in [0.5, 0.6) is 0 Å². The van der Waals surface area contributed by atoms with Crippen molar-refractivity contribution in [2.24, 2.45) is 0 Å². The molecule has 2 aliphatic carbocycles. The van der Waals surface area contributed by atoms with Gasteiger partial charge in [0.2, 0.25) is 0 Å². The number of anilines is 3. The highest BCUT2D eigenvalue weighted by Gasteiger charge is 2.39. The van der Waals surface area contributed by atoms with Crippen molar-refractivity contribution in [2.75, 3.05) is 4.90 Å². The molecule has 7 aromatic carbocycles. The number of hydrogen-bond donors (Lipinski definition) is 0. The van der Waals surface area contributed by atoms with Crippen LogP contribution in [0.2, 0.25) is 0 Å². The molecule has 0 unspecified atom stereocenters. The van der Waals surface area contributed by atoms with Gasteiger partial charge in [-0.3, -0.25) is 0 Å². The van der Waals surface area contributed by atoms with Crippen molar-refractivity contribution < 1.29 is 0 Å². The first kappa shape index (κ1) is 27.2. The van der Waals surface area contributed by atoms with Crippen LogP contribution in [-0.4, -0.2) is 0 Å². The minimum atomic E-state index is -0.0790. The molecule has 2 aliphatic rings. The van der Waals surface area contributed by atoms with Crippen LogP contribution in [-0.2, 0) is 10.8 Å². The Morgan fingerprint density at radius 3 is 1.33 bits per heavy atom. The Kier molecular flexibility index (Phi) is 5.58. The highest BCUT2D eigenvalue weighted by molar-refractivity contribution is 6.00. The molecule has 0 aromatic heterocycles. The molecule has 46 heavy (non-hydrogen) atoms. The smallest absolute Gasteiger partial charge is 0.0468 e.